The number of benzene rings is 2. The van der Waals surface area contributed by atoms with Crippen molar-refractivity contribution in [3.63, 3.8) is 0 Å². The second-order valence-corrected chi connectivity index (χ2v) is 6.25. The SMILES string of the molecule is COc1cc(F)c(Br)cc1C(O)c1ccc(Br)cc1Cl. The smallest absolute Gasteiger partial charge is 0.141 e. The van der Waals surface area contributed by atoms with Crippen LogP contribution in [0.2, 0.25) is 5.02 Å². The lowest BCUT2D eigenvalue weighted by Gasteiger charge is -2.17. The zero-order chi connectivity index (χ0) is 14.9. The van der Waals surface area contributed by atoms with Crippen LogP contribution in [0.5, 0.6) is 5.75 Å². The lowest BCUT2D eigenvalue weighted by Crippen LogP contribution is -2.04. The molecule has 0 fully saturated rings. The van der Waals surface area contributed by atoms with E-state index in [0.29, 0.717) is 16.1 Å². The van der Waals surface area contributed by atoms with Crippen LogP contribution in [0.15, 0.2) is 39.3 Å². The molecule has 1 N–H and O–H groups in total. The van der Waals surface area contributed by atoms with E-state index < -0.39 is 11.9 Å². The van der Waals surface area contributed by atoms with Crippen LogP contribution in [0.3, 0.4) is 0 Å². The first-order chi connectivity index (χ1) is 9.43. The normalized spacial score (nSPS) is 12.3. The molecule has 0 aliphatic carbocycles. The summed E-state index contributed by atoms with van der Waals surface area (Å²) in [7, 11) is 1.42. The van der Waals surface area contributed by atoms with Gasteiger partial charge in [-0.15, -0.1) is 0 Å². The minimum Gasteiger partial charge on any atom is -0.496 e. The maximum Gasteiger partial charge on any atom is 0.141 e. The van der Waals surface area contributed by atoms with Gasteiger partial charge in [-0.1, -0.05) is 33.6 Å². The topological polar surface area (TPSA) is 29.5 Å². The van der Waals surface area contributed by atoms with E-state index in [9.17, 15) is 9.50 Å². The Morgan fingerprint density at radius 3 is 2.50 bits per heavy atom. The Morgan fingerprint density at radius 2 is 1.90 bits per heavy atom. The van der Waals surface area contributed by atoms with Crippen LogP contribution in [0.4, 0.5) is 4.39 Å². The van der Waals surface area contributed by atoms with E-state index in [-0.39, 0.29) is 10.2 Å². The molecule has 0 saturated carbocycles. The van der Waals surface area contributed by atoms with Crippen molar-refractivity contribution >= 4 is 43.5 Å². The lowest BCUT2D eigenvalue weighted by atomic mass is 10.0. The quantitative estimate of drug-likeness (QED) is 0.743. The Balaban J connectivity index is 2.52. The van der Waals surface area contributed by atoms with Gasteiger partial charge in [0, 0.05) is 26.7 Å². The average Bonchev–Trinajstić information content (AvgIpc) is 2.40. The molecular formula is C14H10Br2ClFO2. The largest absolute Gasteiger partial charge is 0.496 e. The summed E-state index contributed by atoms with van der Waals surface area (Å²) in [5, 5.41) is 10.9. The Kier molecular flexibility index (Phi) is 5.07. The average molecular weight is 424 g/mol. The Hall–Kier alpha value is -0.620. The standard InChI is InChI=1S/C14H10Br2ClFO2/c1-20-13-6-12(18)10(16)5-9(13)14(19)8-3-2-7(15)4-11(8)17/h2-6,14,19H,1H3. The highest BCUT2D eigenvalue weighted by Crippen LogP contribution is 2.37. The predicted octanol–water partition coefficient (Wildman–Crippen LogP) is 5.09. The number of halogens is 4. The van der Waals surface area contributed by atoms with Crippen LogP contribution in [-0.4, -0.2) is 12.2 Å². The first-order valence-corrected chi connectivity index (χ1v) is 7.56. The first kappa shape index (κ1) is 15.8. The number of rotatable bonds is 3. The van der Waals surface area contributed by atoms with Crippen molar-refractivity contribution in [1.29, 1.82) is 0 Å². The molecule has 2 aromatic carbocycles. The van der Waals surface area contributed by atoms with Crippen molar-refractivity contribution in [3.8, 4) is 5.75 Å². The van der Waals surface area contributed by atoms with Gasteiger partial charge in [0.15, 0.2) is 0 Å². The fourth-order valence-electron chi connectivity index (χ4n) is 1.83. The molecule has 1 atom stereocenters. The molecule has 20 heavy (non-hydrogen) atoms. The third-order valence-corrected chi connectivity index (χ3v) is 4.25. The zero-order valence-electron chi connectivity index (χ0n) is 10.3. The van der Waals surface area contributed by atoms with Crippen LogP contribution >= 0.6 is 43.5 Å². The van der Waals surface area contributed by atoms with E-state index in [2.05, 4.69) is 31.9 Å². The maximum atomic E-state index is 13.5. The van der Waals surface area contributed by atoms with Crippen LogP contribution < -0.4 is 4.74 Å². The number of aliphatic hydroxyl groups excluding tert-OH is 1. The fraction of sp³-hybridized carbons (Fsp3) is 0.143. The number of methoxy groups -OCH3 is 1. The van der Waals surface area contributed by atoms with Gasteiger partial charge < -0.3 is 9.84 Å². The zero-order valence-corrected chi connectivity index (χ0v) is 14.3. The van der Waals surface area contributed by atoms with E-state index in [1.165, 1.54) is 19.2 Å². The Morgan fingerprint density at radius 1 is 1.20 bits per heavy atom. The molecular weight excluding hydrogens is 414 g/mol. The summed E-state index contributed by atoms with van der Waals surface area (Å²) in [4.78, 5) is 0. The molecule has 0 bridgehead atoms. The molecule has 2 rings (SSSR count). The van der Waals surface area contributed by atoms with Crippen molar-refractivity contribution in [1.82, 2.24) is 0 Å². The van der Waals surface area contributed by atoms with Gasteiger partial charge in [-0.05, 0) is 34.1 Å². The number of aliphatic hydroxyl groups is 1. The molecule has 0 aliphatic heterocycles. The van der Waals surface area contributed by atoms with Gasteiger partial charge in [0.05, 0.1) is 11.6 Å². The van der Waals surface area contributed by atoms with Gasteiger partial charge in [0.25, 0.3) is 0 Å². The van der Waals surface area contributed by atoms with Crippen molar-refractivity contribution in [2.24, 2.45) is 0 Å². The molecule has 2 aromatic rings. The summed E-state index contributed by atoms with van der Waals surface area (Å²) < 4.78 is 19.7. The molecule has 2 nitrogen and oxygen atoms in total. The highest BCUT2D eigenvalue weighted by molar-refractivity contribution is 9.10. The van der Waals surface area contributed by atoms with Crippen LogP contribution in [-0.2, 0) is 0 Å². The Bertz CT molecular complexity index is 649. The van der Waals surface area contributed by atoms with Crippen molar-refractivity contribution in [2.75, 3.05) is 7.11 Å². The van der Waals surface area contributed by atoms with Crippen molar-refractivity contribution in [2.45, 2.75) is 6.10 Å². The summed E-state index contributed by atoms with van der Waals surface area (Å²) in [6.07, 6.45) is -1.01. The molecule has 0 aliphatic rings. The molecule has 106 valence electrons. The monoisotopic (exact) mass is 422 g/mol. The maximum absolute atomic E-state index is 13.5. The van der Waals surface area contributed by atoms with Crippen LogP contribution in [0.1, 0.15) is 17.2 Å². The van der Waals surface area contributed by atoms with Gasteiger partial charge >= 0.3 is 0 Å². The molecule has 0 heterocycles. The second kappa shape index (κ2) is 6.43. The highest BCUT2D eigenvalue weighted by atomic mass is 79.9. The van der Waals surface area contributed by atoms with Crippen LogP contribution in [0.25, 0.3) is 0 Å². The van der Waals surface area contributed by atoms with Gasteiger partial charge in [-0.25, -0.2) is 4.39 Å². The van der Waals surface area contributed by atoms with Gasteiger partial charge in [-0.2, -0.15) is 0 Å². The molecule has 6 heteroatoms. The van der Waals surface area contributed by atoms with Gasteiger partial charge in [0.2, 0.25) is 0 Å². The van der Waals surface area contributed by atoms with E-state index in [4.69, 9.17) is 16.3 Å². The number of hydrogen-bond acceptors (Lipinski definition) is 2. The van der Waals surface area contributed by atoms with E-state index >= 15 is 0 Å². The van der Waals surface area contributed by atoms with Crippen LogP contribution in [0, 0.1) is 5.82 Å². The summed E-state index contributed by atoms with van der Waals surface area (Å²) in [6.45, 7) is 0. The summed E-state index contributed by atoms with van der Waals surface area (Å²) >= 11 is 12.5. The van der Waals surface area contributed by atoms with Gasteiger partial charge in [-0.3, -0.25) is 0 Å². The molecule has 1 unspecified atom stereocenters. The molecule has 0 amide bonds. The predicted molar refractivity (Wildman–Crippen MR) is 83.9 cm³/mol. The summed E-state index contributed by atoms with van der Waals surface area (Å²) in [5.74, 6) is -0.197. The molecule has 0 spiro atoms. The third kappa shape index (κ3) is 3.17. The van der Waals surface area contributed by atoms with Gasteiger partial charge in [0.1, 0.15) is 17.7 Å². The molecule has 0 saturated heterocycles. The fourth-order valence-corrected chi connectivity index (χ4v) is 2.96. The highest BCUT2D eigenvalue weighted by Gasteiger charge is 2.20. The summed E-state index contributed by atoms with van der Waals surface area (Å²) in [5.41, 5.74) is 0.955. The lowest BCUT2D eigenvalue weighted by molar-refractivity contribution is 0.214. The summed E-state index contributed by atoms with van der Waals surface area (Å²) in [6, 6.07) is 7.86. The minimum atomic E-state index is -1.01. The molecule has 0 radical (unpaired) electrons. The number of ether oxygens (including phenoxy) is 1. The first-order valence-electron chi connectivity index (χ1n) is 5.60. The number of hydrogen-bond donors (Lipinski definition) is 1. The van der Waals surface area contributed by atoms with E-state index in [1.54, 1.807) is 18.2 Å². The third-order valence-electron chi connectivity index (χ3n) is 2.82. The molecule has 0 aromatic heterocycles. The Labute approximate surface area is 137 Å². The van der Waals surface area contributed by atoms with E-state index in [0.717, 1.165) is 4.47 Å². The second-order valence-electron chi connectivity index (χ2n) is 4.08. The minimum absolute atomic E-state index is 0.251. The van der Waals surface area contributed by atoms with E-state index in [1.807, 2.05) is 0 Å². The van der Waals surface area contributed by atoms with Crippen molar-refractivity contribution in [3.05, 3.63) is 61.2 Å². The van der Waals surface area contributed by atoms with Crippen molar-refractivity contribution < 1.29 is 14.2 Å².